The first-order valence-corrected chi connectivity index (χ1v) is 5.61. The van der Waals surface area contributed by atoms with Crippen LogP contribution in [0.4, 0.5) is 0 Å². The predicted octanol–water partition coefficient (Wildman–Crippen LogP) is 1.31. The fraction of sp³-hybridized carbons (Fsp3) is 1.00. The summed E-state index contributed by atoms with van der Waals surface area (Å²) < 4.78 is 5.81. The Kier molecular flexibility index (Phi) is 4.85. The van der Waals surface area contributed by atoms with Crippen LogP contribution >= 0.6 is 0 Å². The van der Waals surface area contributed by atoms with Crippen LogP contribution in [0.1, 0.15) is 39.0 Å². The number of aliphatic hydroxyl groups is 1. The number of hydrogen-bond acceptors (Lipinski definition) is 3. The molecule has 1 saturated carbocycles. The summed E-state index contributed by atoms with van der Waals surface area (Å²) in [6.45, 7) is 2.71. The lowest BCUT2D eigenvalue weighted by atomic mass is 9.97. The molecular formula is C11H23NO2. The van der Waals surface area contributed by atoms with Gasteiger partial charge in [-0.25, -0.2) is 0 Å². The monoisotopic (exact) mass is 201 g/mol. The fourth-order valence-electron chi connectivity index (χ4n) is 1.73. The lowest BCUT2D eigenvalue weighted by Gasteiger charge is -2.30. The van der Waals surface area contributed by atoms with E-state index in [1.165, 1.54) is 32.1 Å². The first-order chi connectivity index (χ1) is 6.70. The molecule has 1 unspecified atom stereocenters. The first-order valence-electron chi connectivity index (χ1n) is 5.61. The first kappa shape index (κ1) is 12.0. The number of likely N-dealkylation sites (N-methyl/N-ethyl adjacent to an activating group) is 1. The minimum absolute atomic E-state index is 0.121. The molecule has 14 heavy (non-hydrogen) atoms. The highest BCUT2D eigenvalue weighted by atomic mass is 16.5. The predicted molar refractivity (Wildman–Crippen MR) is 57.4 cm³/mol. The van der Waals surface area contributed by atoms with E-state index in [2.05, 4.69) is 5.32 Å². The van der Waals surface area contributed by atoms with Crippen molar-refractivity contribution in [2.75, 3.05) is 20.3 Å². The van der Waals surface area contributed by atoms with Crippen LogP contribution in [-0.4, -0.2) is 37.0 Å². The molecule has 0 aliphatic heterocycles. The standard InChI is InChI=1S/C11H23NO2/c1-11(8-13,12-2)9-14-10-6-4-3-5-7-10/h10,12-13H,3-9H2,1-2H3. The van der Waals surface area contributed by atoms with Gasteiger partial charge < -0.3 is 15.2 Å². The summed E-state index contributed by atoms with van der Waals surface area (Å²) in [6.07, 6.45) is 6.72. The van der Waals surface area contributed by atoms with Gasteiger partial charge in [-0.15, -0.1) is 0 Å². The molecule has 0 aromatic carbocycles. The van der Waals surface area contributed by atoms with Gasteiger partial charge in [0.2, 0.25) is 0 Å². The van der Waals surface area contributed by atoms with Crippen molar-refractivity contribution in [3.05, 3.63) is 0 Å². The van der Waals surface area contributed by atoms with Crippen LogP contribution in [-0.2, 0) is 4.74 Å². The Morgan fingerprint density at radius 3 is 2.50 bits per heavy atom. The van der Waals surface area contributed by atoms with Crippen molar-refractivity contribution in [3.63, 3.8) is 0 Å². The summed E-state index contributed by atoms with van der Waals surface area (Å²) in [5.41, 5.74) is -0.280. The number of ether oxygens (including phenoxy) is 1. The van der Waals surface area contributed by atoms with Gasteiger partial charge in [-0.05, 0) is 26.8 Å². The molecule has 0 radical (unpaired) electrons. The number of rotatable bonds is 5. The Labute approximate surface area is 86.8 Å². The third-order valence-corrected chi connectivity index (χ3v) is 3.14. The Morgan fingerprint density at radius 2 is 2.00 bits per heavy atom. The van der Waals surface area contributed by atoms with Crippen LogP contribution in [0.15, 0.2) is 0 Å². The maximum absolute atomic E-state index is 9.17. The van der Waals surface area contributed by atoms with Crippen molar-refractivity contribution < 1.29 is 9.84 Å². The summed E-state index contributed by atoms with van der Waals surface area (Å²) >= 11 is 0. The highest BCUT2D eigenvalue weighted by molar-refractivity contribution is 4.81. The Hall–Kier alpha value is -0.120. The molecular weight excluding hydrogens is 178 g/mol. The van der Waals surface area contributed by atoms with Gasteiger partial charge >= 0.3 is 0 Å². The zero-order chi connectivity index (χ0) is 10.4. The lowest BCUT2D eigenvalue weighted by Crippen LogP contribution is -2.48. The normalized spacial score (nSPS) is 23.4. The SMILES string of the molecule is CNC(C)(CO)COC1CCCCC1. The highest BCUT2D eigenvalue weighted by Crippen LogP contribution is 2.21. The summed E-state index contributed by atoms with van der Waals surface area (Å²) in [5.74, 6) is 0. The Morgan fingerprint density at radius 1 is 1.36 bits per heavy atom. The van der Waals surface area contributed by atoms with Gasteiger partial charge in [0.25, 0.3) is 0 Å². The molecule has 1 atom stereocenters. The highest BCUT2D eigenvalue weighted by Gasteiger charge is 2.23. The molecule has 3 nitrogen and oxygen atoms in total. The minimum Gasteiger partial charge on any atom is -0.394 e. The molecule has 1 aliphatic carbocycles. The average Bonchev–Trinajstić information content (AvgIpc) is 2.27. The molecule has 0 aromatic rings. The molecule has 1 rings (SSSR count). The topological polar surface area (TPSA) is 41.5 Å². The van der Waals surface area contributed by atoms with Crippen molar-refractivity contribution in [3.8, 4) is 0 Å². The third kappa shape index (κ3) is 3.56. The summed E-state index contributed by atoms with van der Waals surface area (Å²) in [4.78, 5) is 0. The van der Waals surface area contributed by atoms with Crippen LogP contribution in [0, 0.1) is 0 Å². The van der Waals surface area contributed by atoms with Crippen molar-refractivity contribution in [1.82, 2.24) is 5.32 Å². The second-order valence-corrected chi connectivity index (χ2v) is 4.54. The number of hydrogen-bond donors (Lipinski definition) is 2. The van der Waals surface area contributed by atoms with E-state index < -0.39 is 0 Å². The van der Waals surface area contributed by atoms with Crippen LogP contribution in [0.5, 0.6) is 0 Å². The Bertz CT molecular complexity index is 151. The Balaban J connectivity index is 2.23. The average molecular weight is 201 g/mol. The van der Waals surface area contributed by atoms with E-state index >= 15 is 0 Å². The van der Waals surface area contributed by atoms with Crippen molar-refractivity contribution in [1.29, 1.82) is 0 Å². The van der Waals surface area contributed by atoms with Gasteiger partial charge in [-0.3, -0.25) is 0 Å². The van der Waals surface area contributed by atoms with Crippen molar-refractivity contribution >= 4 is 0 Å². The third-order valence-electron chi connectivity index (χ3n) is 3.14. The van der Waals surface area contributed by atoms with E-state index in [-0.39, 0.29) is 12.1 Å². The van der Waals surface area contributed by atoms with Gasteiger partial charge in [-0.1, -0.05) is 19.3 Å². The summed E-state index contributed by atoms with van der Waals surface area (Å²) in [6, 6.07) is 0. The quantitative estimate of drug-likeness (QED) is 0.704. The van der Waals surface area contributed by atoms with Crippen molar-refractivity contribution in [2.45, 2.75) is 50.7 Å². The van der Waals surface area contributed by atoms with Gasteiger partial charge in [0.1, 0.15) is 0 Å². The van der Waals surface area contributed by atoms with E-state index in [0.717, 1.165) is 0 Å². The van der Waals surface area contributed by atoms with E-state index in [1.807, 2.05) is 14.0 Å². The second-order valence-electron chi connectivity index (χ2n) is 4.54. The van der Waals surface area contributed by atoms with Crippen LogP contribution in [0.25, 0.3) is 0 Å². The number of aliphatic hydroxyl groups excluding tert-OH is 1. The molecule has 3 heteroatoms. The molecule has 2 N–H and O–H groups in total. The van der Waals surface area contributed by atoms with E-state index in [1.54, 1.807) is 0 Å². The molecule has 0 heterocycles. The maximum atomic E-state index is 9.17. The molecule has 1 fully saturated rings. The lowest BCUT2D eigenvalue weighted by molar-refractivity contribution is -0.0168. The zero-order valence-electron chi connectivity index (χ0n) is 9.38. The number of nitrogens with one attached hydrogen (secondary N) is 1. The summed E-state index contributed by atoms with van der Waals surface area (Å²) in [7, 11) is 1.86. The largest absolute Gasteiger partial charge is 0.394 e. The molecule has 0 spiro atoms. The fourth-order valence-corrected chi connectivity index (χ4v) is 1.73. The molecule has 0 saturated heterocycles. The molecule has 0 aromatic heterocycles. The molecule has 1 aliphatic rings. The van der Waals surface area contributed by atoms with Crippen molar-refractivity contribution in [2.24, 2.45) is 0 Å². The molecule has 0 amide bonds. The minimum atomic E-state index is -0.280. The van der Waals surface area contributed by atoms with Crippen LogP contribution in [0.3, 0.4) is 0 Å². The van der Waals surface area contributed by atoms with E-state index in [9.17, 15) is 5.11 Å². The molecule has 0 bridgehead atoms. The van der Waals surface area contributed by atoms with Gasteiger partial charge in [-0.2, -0.15) is 0 Å². The van der Waals surface area contributed by atoms with Gasteiger partial charge in [0.05, 0.1) is 24.9 Å². The molecule has 84 valence electrons. The zero-order valence-corrected chi connectivity index (χ0v) is 9.38. The smallest absolute Gasteiger partial charge is 0.0671 e. The van der Waals surface area contributed by atoms with E-state index in [4.69, 9.17) is 4.74 Å². The van der Waals surface area contributed by atoms with E-state index in [0.29, 0.717) is 12.7 Å². The van der Waals surface area contributed by atoms with Gasteiger partial charge in [0, 0.05) is 0 Å². The maximum Gasteiger partial charge on any atom is 0.0671 e. The van der Waals surface area contributed by atoms with Crippen LogP contribution in [0.2, 0.25) is 0 Å². The summed E-state index contributed by atoms with van der Waals surface area (Å²) in [5, 5.41) is 12.3. The second kappa shape index (κ2) is 5.69. The van der Waals surface area contributed by atoms with Crippen LogP contribution < -0.4 is 5.32 Å². The van der Waals surface area contributed by atoms with Gasteiger partial charge in [0.15, 0.2) is 0 Å².